The summed E-state index contributed by atoms with van der Waals surface area (Å²) in [4.78, 5) is 7.69. The van der Waals surface area contributed by atoms with Crippen molar-refractivity contribution in [3.05, 3.63) is 21.9 Å². The second-order valence-corrected chi connectivity index (χ2v) is 6.98. The average molecular weight is 321 g/mol. The summed E-state index contributed by atoms with van der Waals surface area (Å²) in [6.45, 7) is 6.64. The average Bonchev–Trinajstić information content (AvgIpc) is 3.14. The van der Waals surface area contributed by atoms with Crippen molar-refractivity contribution >= 4 is 17.3 Å². The summed E-state index contributed by atoms with van der Waals surface area (Å²) in [7, 11) is 2.05. The molecule has 2 aromatic rings. The molecular formula is C15H23N5OS. The van der Waals surface area contributed by atoms with E-state index < -0.39 is 0 Å². The molecule has 0 amide bonds. The van der Waals surface area contributed by atoms with Crippen molar-refractivity contribution < 1.29 is 4.74 Å². The Balaban J connectivity index is 1.79. The van der Waals surface area contributed by atoms with Gasteiger partial charge in [0.2, 0.25) is 5.95 Å². The van der Waals surface area contributed by atoms with Crippen molar-refractivity contribution in [3.63, 3.8) is 0 Å². The van der Waals surface area contributed by atoms with Crippen LogP contribution in [0, 0.1) is 6.92 Å². The summed E-state index contributed by atoms with van der Waals surface area (Å²) in [5.74, 6) is 1.86. The molecule has 22 heavy (non-hydrogen) atoms. The van der Waals surface area contributed by atoms with E-state index in [2.05, 4.69) is 38.6 Å². The number of aromatic nitrogens is 4. The number of anilines is 1. The van der Waals surface area contributed by atoms with Gasteiger partial charge in [-0.15, -0.1) is 21.5 Å². The van der Waals surface area contributed by atoms with E-state index in [9.17, 15) is 0 Å². The lowest BCUT2D eigenvalue weighted by Crippen LogP contribution is -2.22. The molecule has 1 unspecified atom stereocenters. The van der Waals surface area contributed by atoms with Crippen molar-refractivity contribution in [3.8, 4) is 0 Å². The number of hydrogen-bond donors (Lipinski definition) is 0. The summed E-state index contributed by atoms with van der Waals surface area (Å²) >= 11 is 1.72. The summed E-state index contributed by atoms with van der Waals surface area (Å²) in [6, 6.07) is 0. The van der Waals surface area contributed by atoms with Gasteiger partial charge in [0.25, 0.3) is 0 Å². The number of hydrogen-bond acceptors (Lipinski definition) is 6. The molecule has 1 aliphatic rings. The number of nitrogens with zero attached hydrogens (tertiary/aromatic N) is 5. The van der Waals surface area contributed by atoms with Crippen LogP contribution in [0.25, 0.3) is 0 Å². The van der Waals surface area contributed by atoms with E-state index in [1.807, 2.05) is 13.1 Å². The van der Waals surface area contributed by atoms with E-state index in [0.29, 0.717) is 0 Å². The molecule has 0 saturated carbocycles. The maximum absolute atomic E-state index is 5.87. The molecule has 0 spiro atoms. The van der Waals surface area contributed by atoms with Crippen LogP contribution in [-0.4, -0.2) is 33.4 Å². The fourth-order valence-electron chi connectivity index (χ4n) is 2.86. The monoisotopic (exact) mass is 321 g/mol. The first-order valence-corrected chi connectivity index (χ1v) is 8.67. The third kappa shape index (κ3) is 3.15. The summed E-state index contributed by atoms with van der Waals surface area (Å²) in [5.41, 5.74) is 0. The van der Waals surface area contributed by atoms with Gasteiger partial charge in [0.1, 0.15) is 6.10 Å². The highest BCUT2D eigenvalue weighted by Crippen LogP contribution is 2.29. The minimum absolute atomic E-state index is 0.0917. The minimum atomic E-state index is 0.0917. The first kappa shape index (κ1) is 15.4. The van der Waals surface area contributed by atoms with E-state index in [-0.39, 0.29) is 6.10 Å². The summed E-state index contributed by atoms with van der Waals surface area (Å²) in [5, 5.41) is 9.91. The van der Waals surface area contributed by atoms with Crippen LogP contribution in [-0.2, 0) is 17.8 Å². The van der Waals surface area contributed by atoms with Crippen molar-refractivity contribution in [1.82, 2.24) is 19.7 Å². The summed E-state index contributed by atoms with van der Waals surface area (Å²) in [6.07, 6.45) is 5.42. The molecule has 3 rings (SSSR count). The Kier molecular flexibility index (Phi) is 4.73. The van der Waals surface area contributed by atoms with Crippen LogP contribution < -0.4 is 4.90 Å². The van der Waals surface area contributed by atoms with Crippen LogP contribution in [0.5, 0.6) is 0 Å². The smallest absolute Gasteiger partial charge is 0.227 e. The number of thiazole rings is 1. The highest BCUT2D eigenvalue weighted by molar-refractivity contribution is 7.11. The molecule has 0 aliphatic carbocycles. The van der Waals surface area contributed by atoms with Gasteiger partial charge in [-0.2, -0.15) is 0 Å². The predicted molar refractivity (Wildman–Crippen MR) is 87.2 cm³/mol. The topological polar surface area (TPSA) is 56.1 Å². The Labute approximate surface area is 135 Å². The Hall–Kier alpha value is -1.47. The van der Waals surface area contributed by atoms with E-state index in [1.54, 1.807) is 11.3 Å². The minimum Gasteiger partial charge on any atom is -0.370 e. The number of aryl methyl sites for hydroxylation is 1. The molecule has 120 valence electrons. The van der Waals surface area contributed by atoms with Crippen molar-refractivity contribution in [2.24, 2.45) is 0 Å². The fourth-order valence-corrected chi connectivity index (χ4v) is 3.71. The number of ether oxygens (including phenoxy) is 1. The van der Waals surface area contributed by atoms with E-state index in [0.717, 1.165) is 49.3 Å². The zero-order valence-corrected chi connectivity index (χ0v) is 14.3. The lowest BCUT2D eigenvalue weighted by Gasteiger charge is -2.23. The fraction of sp³-hybridized carbons (Fsp3) is 0.667. The second-order valence-electron chi connectivity index (χ2n) is 5.66. The summed E-state index contributed by atoms with van der Waals surface area (Å²) < 4.78 is 8.04. The second kappa shape index (κ2) is 6.75. The highest BCUT2D eigenvalue weighted by Gasteiger charge is 2.24. The first-order chi connectivity index (χ1) is 10.7. The lowest BCUT2D eigenvalue weighted by atomic mass is 10.1. The molecular weight excluding hydrogens is 298 g/mol. The molecule has 6 nitrogen and oxygen atoms in total. The standard InChI is InChI=1S/C15H23N5OS/c1-4-20-14(13-7-5-6-8-21-13)17-18-15(20)19(3)10-12-9-16-11(2)22-12/h9,13H,4-8,10H2,1-3H3. The third-order valence-corrected chi connectivity index (χ3v) is 4.84. The van der Waals surface area contributed by atoms with Gasteiger partial charge in [0.15, 0.2) is 5.82 Å². The van der Waals surface area contributed by atoms with Gasteiger partial charge in [0.05, 0.1) is 11.6 Å². The van der Waals surface area contributed by atoms with E-state index in [1.165, 1.54) is 11.3 Å². The largest absolute Gasteiger partial charge is 0.370 e. The van der Waals surface area contributed by atoms with Crippen LogP contribution in [0.15, 0.2) is 6.20 Å². The Bertz CT molecular complexity index is 617. The third-order valence-electron chi connectivity index (χ3n) is 3.95. The van der Waals surface area contributed by atoms with Crippen molar-refractivity contribution in [2.45, 2.75) is 52.3 Å². The van der Waals surface area contributed by atoms with E-state index in [4.69, 9.17) is 4.74 Å². The highest BCUT2D eigenvalue weighted by atomic mass is 32.1. The molecule has 1 fully saturated rings. The Morgan fingerprint density at radius 1 is 1.41 bits per heavy atom. The molecule has 7 heteroatoms. The van der Waals surface area contributed by atoms with Crippen LogP contribution in [0.2, 0.25) is 0 Å². The lowest BCUT2D eigenvalue weighted by molar-refractivity contribution is 0.00727. The van der Waals surface area contributed by atoms with Crippen LogP contribution >= 0.6 is 11.3 Å². The van der Waals surface area contributed by atoms with Crippen LogP contribution in [0.3, 0.4) is 0 Å². The first-order valence-electron chi connectivity index (χ1n) is 7.86. The molecule has 3 heterocycles. The zero-order chi connectivity index (χ0) is 15.5. The number of rotatable bonds is 5. The molecule has 0 radical (unpaired) electrons. The van der Waals surface area contributed by atoms with Gasteiger partial charge in [0, 0.05) is 31.3 Å². The molecule has 1 aliphatic heterocycles. The van der Waals surface area contributed by atoms with Gasteiger partial charge in [-0.3, -0.25) is 4.57 Å². The molecule has 0 bridgehead atoms. The van der Waals surface area contributed by atoms with Crippen LogP contribution in [0.4, 0.5) is 5.95 Å². The maximum Gasteiger partial charge on any atom is 0.227 e. The molecule has 0 N–H and O–H groups in total. The Morgan fingerprint density at radius 2 is 2.27 bits per heavy atom. The Morgan fingerprint density at radius 3 is 2.91 bits per heavy atom. The predicted octanol–water partition coefficient (Wildman–Crippen LogP) is 2.94. The quantitative estimate of drug-likeness (QED) is 0.847. The molecule has 1 atom stereocenters. The van der Waals surface area contributed by atoms with E-state index >= 15 is 0 Å². The van der Waals surface area contributed by atoms with Gasteiger partial charge in [-0.25, -0.2) is 4.98 Å². The maximum atomic E-state index is 5.87. The molecule has 1 saturated heterocycles. The van der Waals surface area contributed by atoms with Crippen molar-refractivity contribution in [2.75, 3.05) is 18.6 Å². The normalized spacial score (nSPS) is 18.6. The van der Waals surface area contributed by atoms with Gasteiger partial charge in [-0.05, 0) is 33.1 Å². The van der Waals surface area contributed by atoms with Gasteiger partial charge >= 0.3 is 0 Å². The van der Waals surface area contributed by atoms with Gasteiger partial charge < -0.3 is 9.64 Å². The zero-order valence-electron chi connectivity index (χ0n) is 13.4. The molecule has 2 aromatic heterocycles. The molecule has 0 aromatic carbocycles. The van der Waals surface area contributed by atoms with Crippen molar-refractivity contribution in [1.29, 1.82) is 0 Å². The SMILES string of the molecule is CCn1c(C2CCCCO2)nnc1N(C)Cc1cnc(C)s1. The van der Waals surface area contributed by atoms with Crippen LogP contribution in [0.1, 0.15) is 48.0 Å². The van der Waals surface area contributed by atoms with Gasteiger partial charge in [-0.1, -0.05) is 0 Å².